The molecule has 8 heteroatoms. The number of aromatic hydroxyl groups is 1. The Hall–Kier alpha value is -2.32. The lowest BCUT2D eigenvalue weighted by Gasteiger charge is -2.00. The highest BCUT2D eigenvalue weighted by Crippen LogP contribution is 2.21. The summed E-state index contributed by atoms with van der Waals surface area (Å²) in [6.07, 6.45) is 2.11. The highest BCUT2D eigenvalue weighted by atomic mass is 79.9. The Morgan fingerprint density at radius 1 is 1.15 bits per heavy atom. The van der Waals surface area contributed by atoms with Crippen LogP contribution in [0.25, 0.3) is 0 Å². The van der Waals surface area contributed by atoms with Gasteiger partial charge in [-0.25, -0.2) is 13.8 Å². The highest BCUT2D eigenvalue weighted by Gasteiger charge is 2.17. The third kappa shape index (κ3) is 6.11. The molecule has 0 saturated carbocycles. The fourth-order valence-corrected chi connectivity index (χ4v) is 3.41. The van der Waals surface area contributed by atoms with Gasteiger partial charge in [-0.05, 0) is 30.5 Å². The van der Waals surface area contributed by atoms with Crippen molar-refractivity contribution in [3.05, 3.63) is 81.3 Å². The second-order valence-electron chi connectivity index (χ2n) is 5.47. The maximum atomic E-state index is 12.7. The van der Waals surface area contributed by atoms with Gasteiger partial charge >= 0.3 is 0 Å². The zero-order valence-corrected chi connectivity index (χ0v) is 16.6. The average Bonchev–Trinajstić information content (AvgIpc) is 3.13. The van der Waals surface area contributed by atoms with Crippen LogP contribution in [0.4, 0.5) is 8.78 Å². The lowest BCUT2D eigenvalue weighted by atomic mass is 10.1. The van der Waals surface area contributed by atoms with Crippen molar-refractivity contribution in [2.75, 3.05) is 0 Å². The largest absolute Gasteiger partial charge is 0.505 e. The Bertz CT molecular complexity index is 904. The maximum absolute atomic E-state index is 12.7. The zero-order valence-electron chi connectivity index (χ0n) is 14.2. The number of phenolic OH excluding ortho intramolecular Hbond substituents is 1. The van der Waals surface area contributed by atoms with Crippen LogP contribution >= 0.6 is 27.3 Å². The number of benzene rings is 2. The molecule has 0 fully saturated rings. The van der Waals surface area contributed by atoms with Crippen LogP contribution < -0.4 is 5.73 Å². The van der Waals surface area contributed by atoms with Crippen molar-refractivity contribution in [3.63, 3.8) is 0 Å². The molecule has 3 aromatic rings. The maximum Gasteiger partial charge on any atom is 0.254 e. The Labute approximate surface area is 167 Å². The molecule has 142 valence electrons. The van der Waals surface area contributed by atoms with Crippen LogP contribution in [0.15, 0.2) is 47.8 Å². The first-order valence-electron chi connectivity index (χ1n) is 7.92. The number of rotatable bonds is 5. The number of alkyl halides is 1. The molecule has 0 spiro atoms. The fraction of sp³-hybridized carbons (Fsp3) is 0.158. The van der Waals surface area contributed by atoms with Crippen molar-refractivity contribution in [3.8, 4) is 5.75 Å². The summed E-state index contributed by atoms with van der Waals surface area (Å²) in [5.41, 5.74) is 6.32. The van der Waals surface area contributed by atoms with Crippen LogP contribution in [0.1, 0.15) is 26.6 Å². The predicted molar refractivity (Wildman–Crippen MR) is 105 cm³/mol. The van der Waals surface area contributed by atoms with Crippen molar-refractivity contribution in [2.24, 2.45) is 5.73 Å². The van der Waals surface area contributed by atoms with Crippen molar-refractivity contribution in [2.45, 2.75) is 18.2 Å². The lowest BCUT2D eigenvalue weighted by Crippen LogP contribution is -2.15. The fourth-order valence-electron chi connectivity index (χ4n) is 2.21. The van der Waals surface area contributed by atoms with E-state index in [1.165, 1.54) is 11.3 Å². The molecule has 1 heterocycles. The number of carbonyl (C=O) groups is 1. The van der Waals surface area contributed by atoms with E-state index in [4.69, 9.17) is 5.11 Å². The third-order valence-electron chi connectivity index (χ3n) is 3.54. The quantitative estimate of drug-likeness (QED) is 0.553. The van der Waals surface area contributed by atoms with Gasteiger partial charge in [-0.2, -0.15) is 0 Å². The van der Waals surface area contributed by atoms with E-state index in [1.54, 1.807) is 11.3 Å². The molecule has 0 aliphatic carbocycles. The molecule has 3 N–H and O–H groups in total. The third-order valence-corrected chi connectivity index (χ3v) is 5.34. The lowest BCUT2D eigenvalue weighted by molar-refractivity contribution is 0.0991. The van der Waals surface area contributed by atoms with Gasteiger partial charge in [-0.3, -0.25) is 4.79 Å². The van der Waals surface area contributed by atoms with Gasteiger partial charge in [-0.1, -0.05) is 46.3 Å². The van der Waals surface area contributed by atoms with Crippen molar-refractivity contribution >= 4 is 33.2 Å². The summed E-state index contributed by atoms with van der Waals surface area (Å²) in [6, 6.07) is 12.1. The Kier molecular flexibility index (Phi) is 7.87. The van der Waals surface area contributed by atoms with Crippen LogP contribution in [0.3, 0.4) is 0 Å². The van der Waals surface area contributed by atoms with Crippen molar-refractivity contribution in [1.29, 1.82) is 0 Å². The molecule has 0 saturated heterocycles. The molecular formula is C19H17BrF2N2O2S. The summed E-state index contributed by atoms with van der Waals surface area (Å²) in [6.45, 7) is 0. The SMILES string of the molecule is BrCc1nc(CCc2ccccc2)cs1.NC(=O)c1c(F)ccc(O)c1F. The molecule has 0 radical (unpaired) electrons. The molecule has 0 aliphatic rings. The van der Waals surface area contributed by atoms with Gasteiger partial charge in [0.05, 0.1) is 11.0 Å². The van der Waals surface area contributed by atoms with Gasteiger partial charge in [0, 0.05) is 5.38 Å². The minimum atomic E-state index is -1.33. The first-order chi connectivity index (χ1) is 12.9. The van der Waals surface area contributed by atoms with Crippen LogP contribution in [0, 0.1) is 11.6 Å². The van der Waals surface area contributed by atoms with E-state index in [1.807, 2.05) is 0 Å². The van der Waals surface area contributed by atoms with Crippen LogP contribution in [0.5, 0.6) is 5.75 Å². The summed E-state index contributed by atoms with van der Waals surface area (Å²) in [5.74, 6) is -4.47. The van der Waals surface area contributed by atoms with Gasteiger partial charge in [0.15, 0.2) is 11.6 Å². The molecule has 3 rings (SSSR count). The number of halogens is 3. The topological polar surface area (TPSA) is 76.2 Å². The molecule has 27 heavy (non-hydrogen) atoms. The van der Waals surface area contributed by atoms with E-state index in [-0.39, 0.29) is 0 Å². The number of nitrogens with zero attached hydrogens (tertiary/aromatic N) is 1. The first kappa shape index (κ1) is 21.0. The number of phenols is 1. The zero-order chi connectivity index (χ0) is 19.8. The first-order valence-corrected chi connectivity index (χ1v) is 9.92. The van der Waals surface area contributed by atoms with Gasteiger partial charge in [0.25, 0.3) is 5.91 Å². The Balaban J connectivity index is 0.000000199. The molecular weight excluding hydrogens is 438 g/mol. The van der Waals surface area contributed by atoms with E-state index < -0.39 is 28.9 Å². The van der Waals surface area contributed by atoms with Crippen molar-refractivity contribution in [1.82, 2.24) is 4.98 Å². The minimum absolute atomic E-state index is 0.762. The highest BCUT2D eigenvalue weighted by molar-refractivity contribution is 9.08. The molecule has 1 aromatic heterocycles. The number of hydrogen-bond donors (Lipinski definition) is 2. The normalized spacial score (nSPS) is 10.2. The number of nitrogens with two attached hydrogens (primary N) is 1. The van der Waals surface area contributed by atoms with E-state index in [2.05, 4.69) is 62.4 Å². The molecule has 0 atom stereocenters. The summed E-state index contributed by atoms with van der Waals surface area (Å²) in [5, 5.41) is 12.9. The molecule has 0 aliphatic heterocycles. The van der Waals surface area contributed by atoms with Crippen LogP contribution in [-0.2, 0) is 18.2 Å². The number of primary amides is 1. The standard InChI is InChI=1S/C12H12BrNS.C7H5F2NO2/c13-8-12-14-11(9-15-12)7-6-10-4-2-1-3-5-10;8-3-1-2-4(11)6(9)5(3)7(10)12/h1-5,9H,6-8H2;1-2,11H,(H2,10,12). The van der Waals surface area contributed by atoms with E-state index in [9.17, 15) is 13.6 Å². The van der Waals surface area contributed by atoms with Gasteiger partial charge in [0.1, 0.15) is 16.4 Å². The molecule has 0 unspecified atom stereocenters. The minimum Gasteiger partial charge on any atom is -0.505 e. The number of aromatic nitrogens is 1. The number of hydrogen-bond acceptors (Lipinski definition) is 4. The summed E-state index contributed by atoms with van der Waals surface area (Å²) in [4.78, 5) is 14.9. The second kappa shape index (κ2) is 10.1. The Morgan fingerprint density at radius 2 is 1.85 bits per heavy atom. The molecule has 0 bridgehead atoms. The molecule has 1 amide bonds. The number of aryl methyl sites for hydroxylation is 2. The van der Waals surface area contributed by atoms with Crippen LogP contribution in [0.2, 0.25) is 0 Å². The van der Waals surface area contributed by atoms with Crippen molar-refractivity contribution < 1.29 is 18.7 Å². The number of thiazole rings is 1. The summed E-state index contributed by atoms with van der Waals surface area (Å²) >= 11 is 5.14. The monoisotopic (exact) mass is 454 g/mol. The van der Waals surface area contributed by atoms with E-state index >= 15 is 0 Å². The number of amides is 1. The molecule has 4 nitrogen and oxygen atoms in total. The molecule has 2 aromatic carbocycles. The average molecular weight is 455 g/mol. The van der Waals surface area contributed by atoms with Gasteiger partial charge < -0.3 is 10.8 Å². The second-order valence-corrected chi connectivity index (χ2v) is 6.97. The Morgan fingerprint density at radius 3 is 2.41 bits per heavy atom. The van der Waals surface area contributed by atoms with Gasteiger partial charge in [-0.15, -0.1) is 11.3 Å². The number of carbonyl (C=O) groups excluding carboxylic acids is 1. The predicted octanol–water partition coefficient (Wildman–Crippen LogP) is 4.59. The summed E-state index contributed by atoms with van der Waals surface area (Å²) < 4.78 is 25.4. The van der Waals surface area contributed by atoms with Gasteiger partial charge in [0.2, 0.25) is 0 Å². The van der Waals surface area contributed by atoms with E-state index in [0.29, 0.717) is 0 Å². The van der Waals surface area contributed by atoms with E-state index in [0.717, 1.165) is 35.3 Å². The smallest absolute Gasteiger partial charge is 0.254 e. The van der Waals surface area contributed by atoms with Crippen LogP contribution in [-0.4, -0.2) is 16.0 Å². The summed E-state index contributed by atoms with van der Waals surface area (Å²) in [7, 11) is 0.